The molecule has 1 aromatic rings. The average molecular weight is 489 g/mol. The van der Waals surface area contributed by atoms with Gasteiger partial charge in [0.25, 0.3) is 5.91 Å². The average Bonchev–Trinajstić information content (AvgIpc) is 2.75. The molecule has 4 rings (SSSR count). The van der Waals surface area contributed by atoms with E-state index in [1.807, 2.05) is 0 Å². The van der Waals surface area contributed by atoms with Crippen molar-refractivity contribution in [2.45, 2.75) is 71.1 Å². The molecule has 1 amide bonds. The van der Waals surface area contributed by atoms with Gasteiger partial charge in [-0.15, -0.1) is 0 Å². The molecule has 1 N–H and O–H groups in total. The van der Waals surface area contributed by atoms with E-state index in [1.54, 1.807) is 4.72 Å². The lowest BCUT2D eigenvalue weighted by molar-refractivity contribution is -0.0409. The molecular formula is C23H34ClFN2O4S. The molecule has 0 aromatic heterocycles. The van der Waals surface area contributed by atoms with Crippen molar-refractivity contribution < 1.29 is 22.3 Å². The van der Waals surface area contributed by atoms with Gasteiger partial charge in [-0.3, -0.25) is 4.79 Å². The molecule has 2 bridgehead atoms. The lowest BCUT2D eigenvalue weighted by Gasteiger charge is -2.53. The second-order valence-corrected chi connectivity index (χ2v) is 12.0. The third-order valence-electron chi connectivity index (χ3n) is 7.37. The quantitative estimate of drug-likeness (QED) is 0.452. The van der Waals surface area contributed by atoms with Crippen LogP contribution in [0.5, 0.6) is 5.75 Å². The molecule has 0 atom stereocenters. The Bertz CT molecular complexity index is 927. The van der Waals surface area contributed by atoms with Crippen LogP contribution < -0.4 is 9.46 Å². The number of hydrogen-bond donors (Lipinski definition) is 1. The molecule has 0 radical (unpaired) electrons. The Morgan fingerprint density at radius 3 is 2.28 bits per heavy atom. The maximum absolute atomic E-state index is 14.6. The van der Waals surface area contributed by atoms with Crippen LogP contribution in [0.2, 0.25) is 5.02 Å². The second-order valence-electron chi connectivity index (χ2n) is 9.73. The fourth-order valence-electron chi connectivity index (χ4n) is 4.99. The first kappa shape index (κ1) is 25.2. The number of ether oxygens (including phenoxy) is 1. The van der Waals surface area contributed by atoms with E-state index in [0.717, 1.165) is 35.7 Å². The van der Waals surface area contributed by atoms with Gasteiger partial charge in [0, 0.05) is 25.6 Å². The van der Waals surface area contributed by atoms with Gasteiger partial charge in [-0.1, -0.05) is 37.8 Å². The number of carbonyl (C=O) groups is 1. The van der Waals surface area contributed by atoms with Gasteiger partial charge in [0.2, 0.25) is 0 Å². The lowest BCUT2D eigenvalue weighted by atomic mass is 9.53. The van der Waals surface area contributed by atoms with Crippen molar-refractivity contribution in [3.8, 4) is 5.75 Å². The van der Waals surface area contributed by atoms with E-state index in [1.165, 1.54) is 59.0 Å². The van der Waals surface area contributed by atoms with Crippen LogP contribution in [0.4, 0.5) is 4.39 Å². The van der Waals surface area contributed by atoms with Crippen LogP contribution in [-0.4, -0.2) is 39.3 Å². The number of nitrogens with zero attached hydrogens (tertiary/aromatic N) is 1. The van der Waals surface area contributed by atoms with Crippen molar-refractivity contribution in [1.82, 2.24) is 9.03 Å². The first-order valence-electron chi connectivity index (χ1n) is 11.4. The minimum absolute atomic E-state index is 0.0794. The Morgan fingerprint density at radius 2 is 1.72 bits per heavy atom. The third-order valence-corrected chi connectivity index (χ3v) is 9.07. The van der Waals surface area contributed by atoms with Gasteiger partial charge in [-0.05, 0) is 56.4 Å². The number of fused-ring (bicyclic) bond motifs is 3. The van der Waals surface area contributed by atoms with Crippen molar-refractivity contribution in [3.63, 3.8) is 0 Å². The predicted octanol–water partition coefficient (Wildman–Crippen LogP) is 5.32. The van der Waals surface area contributed by atoms with Gasteiger partial charge < -0.3 is 4.74 Å². The van der Waals surface area contributed by atoms with Crippen LogP contribution in [0.15, 0.2) is 12.1 Å². The van der Waals surface area contributed by atoms with E-state index in [0.29, 0.717) is 12.0 Å². The molecule has 0 aliphatic heterocycles. The maximum atomic E-state index is 14.6. The summed E-state index contributed by atoms with van der Waals surface area (Å²) in [4.78, 5) is 12.2. The summed E-state index contributed by atoms with van der Waals surface area (Å²) in [6.45, 7) is 2.71. The normalized spacial score (nSPS) is 25.2. The Hall–Kier alpha value is -1.38. The van der Waals surface area contributed by atoms with Crippen LogP contribution in [0.3, 0.4) is 0 Å². The van der Waals surface area contributed by atoms with Crippen LogP contribution in [0.1, 0.15) is 81.5 Å². The topological polar surface area (TPSA) is 75.7 Å². The Morgan fingerprint density at radius 1 is 1.12 bits per heavy atom. The zero-order valence-electron chi connectivity index (χ0n) is 19.2. The summed E-state index contributed by atoms with van der Waals surface area (Å²) in [6.07, 6.45) is 12.2. The molecule has 0 heterocycles. The van der Waals surface area contributed by atoms with E-state index in [-0.39, 0.29) is 16.2 Å². The lowest BCUT2D eigenvalue weighted by Crippen LogP contribution is -2.44. The number of nitrogens with one attached hydrogen (secondary N) is 1. The summed E-state index contributed by atoms with van der Waals surface area (Å²) in [7, 11) is -1.51. The maximum Gasteiger partial charge on any atom is 0.303 e. The predicted molar refractivity (Wildman–Crippen MR) is 124 cm³/mol. The number of hydrogen-bond acceptors (Lipinski definition) is 4. The highest BCUT2D eigenvalue weighted by molar-refractivity contribution is 7.87. The fourth-order valence-corrected chi connectivity index (χ4v) is 5.73. The monoisotopic (exact) mass is 488 g/mol. The Kier molecular flexibility index (Phi) is 7.77. The first-order valence-corrected chi connectivity index (χ1v) is 13.2. The standard InChI is InChI=1S/C23H34ClFN2O4S/c1-4-5-6-7-22-8-11-23(12-9-22,13-10-22)16-31-20-15-19(25)17(14-18(20)24)21(28)26-32(29,30)27(2)3/h14-15H,4-13,16H2,1-3H3,(H,26,28). The molecule has 6 nitrogen and oxygen atoms in total. The molecule has 0 unspecified atom stereocenters. The SMILES string of the molecule is CCCCCC12CCC(COc3cc(F)c(C(=O)NS(=O)(=O)N(C)C)cc3Cl)(CC1)CC2. The molecule has 32 heavy (non-hydrogen) atoms. The van der Waals surface area contributed by atoms with Gasteiger partial charge in [0.1, 0.15) is 11.6 Å². The first-order chi connectivity index (χ1) is 15.0. The molecular weight excluding hydrogens is 455 g/mol. The molecule has 3 aliphatic carbocycles. The van der Waals surface area contributed by atoms with Crippen molar-refractivity contribution in [3.05, 3.63) is 28.5 Å². The van der Waals surface area contributed by atoms with E-state index < -0.39 is 27.5 Å². The molecule has 1 aromatic carbocycles. The summed E-state index contributed by atoms with van der Waals surface area (Å²) in [5, 5.41) is 0.0794. The molecule has 0 spiro atoms. The number of unbranched alkanes of at least 4 members (excludes halogenated alkanes) is 2. The third kappa shape index (κ3) is 5.57. The largest absolute Gasteiger partial charge is 0.491 e. The van der Waals surface area contributed by atoms with Crippen LogP contribution in [-0.2, 0) is 10.2 Å². The van der Waals surface area contributed by atoms with Gasteiger partial charge in [0.05, 0.1) is 17.2 Å². The van der Waals surface area contributed by atoms with Crippen molar-refractivity contribution in [2.24, 2.45) is 10.8 Å². The van der Waals surface area contributed by atoms with Gasteiger partial charge in [0.15, 0.2) is 0 Å². The van der Waals surface area contributed by atoms with Crippen molar-refractivity contribution in [2.75, 3.05) is 20.7 Å². The molecule has 3 saturated carbocycles. The van der Waals surface area contributed by atoms with Crippen LogP contribution >= 0.6 is 11.6 Å². The summed E-state index contributed by atoms with van der Waals surface area (Å²) in [5.74, 6) is -1.78. The zero-order chi connectivity index (χ0) is 23.6. The molecule has 3 aliphatic rings. The van der Waals surface area contributed by atoms with Crippen LogP contribution in [0, 0.1) is 16.6 Å². The van der Waals surface area contributed by atoms with E-state index in [2.05, 4.69) is 6.92 Å². The number of halogens is 2. The Labute approximate surface area is 196 Å². The van der Waals surface area contributed by atoms with Gasteiger partial charge in [-0.25, -0.2) is 9.11 Å². The van der Waals surface area contributed by atoms with Crippen molar-refractivity contribution in [1.29, 1.82) is 0 Å². The highest BCUT2D eigenvalue weighted by atomic mass is 35.5. The molecule has 3 fully saturated rings. The Balaban J connectivity index is 1.62. The van der Waals surface area contributed by atoms with E-state index in [4.69, 9.17) is 16.3 Å². The zero-order valence-corrected chi connectivity index (χ0v) is 20.7. The minimum atomic E-state index is -4.04. The summed E-state index contributed by atoms with van der Waals surface area (Å²) < 4.78 is 46.9. The minimum Gasteiger partial charge on any atom is -0.491 e. The summed E-state index contributed by atoms with van der Waals surface area (Å²) in [5.41, 5.74) is 0.156. The highest BCUT2D eigenvalue weighted by Gasteiger charge is 2.48. The van der Waals surface area contributed by atoms with Gasteiger partial charge >= 0.3 is 10.2 Å². The second kappa shape index (κ2) is 9.85. The summed E-state index contributed by atoms with van der Waals surface area (Å²) >= 11 is 6.26. The number of benzene rings is 1. The molecule has 9 heteroatoms. The fraction of sp³-hybridized carbons (Fsp3) is 0.696. The van der Waals surface area contributed by atoms with Gasteiger partial charge in [-0.2, -0.15) is 12.7 Å². The molecule has 0 saturated heterocycles. The smallest absolute Gasteiger partial charge is 0.303 e. The summed E-state index contributed by atoms with van der Waals surface area (Å²) in [6, 6.07) is 2.18. The van der Waals surface area contributed by atoms with E-state index >= 15 is 0 Å². The number of carbonyl (C=O) groups excluding carboxylic acids is 1. The van der Waals surface area contributed by atoms with Crippen molar-refractivity contribution >= 4 is 27.7 Å². The number of amides is 1. The van der Waals surface area contributed by atoms with Crippen LogP contribution in [0.25, 0.3) is 0 Å². The highest BCUT2D eigenvalue weighted by Crippen LogP contribution is 2.58. The molecule has 180 valence electrons. The van der Waals surface area contributed by atoms with E-state index in [9.17, 15) is 17.6 Å². The number of rotatable bonds is 10.